The first kappa shape index (κ1) is 11.8. The summed E-state index contributed by atoms with van der Waals surface area (Å²) in [5, 5.41) is 3.16. The normalized spacial score (nSPS) is 19.8. The van der Waals surface area contributed by atoms with E-state index in [0.717, 1.165) is 23.5 Å². The number of pyridine rings is 1. The highest BCUT2D eigenvalue weighted by Crippen LogP contribution is 2.40. The molecule has 0 aliphatic heterocycles. The second-order valence-electron chi connectivity index (χ2n) is 4.63. The van der Waals surface area contributed by atoms with Crippen molar-refractivity contribution >= 4 is 11.3 Å². The van der Waals surface area contributed by atoms with Gasteiger partial charge in [0.2, 0.25) is 0 Å². The highest BCUT2D eigenvalue weighted by atomic mass is 32.1. The van der Waals surface area contributed by atoms with E-state index in [1.807, 2.05) is 19.2 Å². The maximum Gasteiger partial charge on any atom is 0.0898 e. The Hall–Kier alpha value is -1.30. The first-order chi connectivity index (χ1) is 8.79. The molecule has 0 fully saturated rings. The van der Waals surface area contributed by atoms with Crippen LogP contribution in [0.15, 0.2) is 23.7 Å². The second-order valence-corrected chi connectivity index (χ2v) is 5.69. The molecule has 2 atom stereocenters. The van der Waals surface area contributed by atoms with Gasteiger partial charge < -0.3 is 0 Å². The predicted octanol–water partition coefficient (Wildman–Crippen LogP) is 2.08. The Morgan fingerprint density at radius 2 is 2.44 bits per heavy atom. The smallest absolute Gasteiger partial charge is 0.0898 e. The van der Waals surface area contributed by atoms with Crippen molar-refractivity contribution in [3.05, 3.63) is 45.7 Å². The molecule has 0 saturated carbocycles. The van der Waals surface area contributed by atoms with Gasteiger partial charge in [0.15, 0.2) is 0 Å². The number of fused-ring (bicyclic) bond motifs is 1. The van der Waals surface area contributed by atoms with Crippen molar-refractivity contribution in [3.8, 4) is 0 Å². The standard InChI is InChI=1S/C13H16N4S/c1-8-16-11(7-18-8)13(17-14)10-5-4-9-3-2-6-15-12(9)10/h2-3,6-7,10,13,17H,4-5,14H2,1H3. The van der Waals surface area contributed by atoms with E-state index in [1.54, 1.807) is 11.3 Å². The van der Waals surface area contributed by atoms with Crippen LogP contribution in [0.3, 0.4) is 0 Å². The Bertz CT molecular complexity index is 551. The molecule has 0 spiro atoms. The SMILES string of the molecule is Cc1nc(C(NN)C2CCc3cccnc32)cs1. The zero-order chi connectivity index (χ0) is 12.5. The van der Waals surface area contributed by atoms with Crippen molar-refractivity contribution in [2.24, 2.45) is 5.84 Å². The Kier molecular flexibility index (Phi) is 3.11. The van der Waals surface area contributed by atoms with Gasteiger partial charge in [0.05, 0.1) is 16.7 Å². The molecule has 4 nitrogen and oxygen atoms in total. The molecule has 2 aromatic rings. The van der Waals surface area contributed by atoms with Crippen molar-refractivity contribution in [2.75, 3.05) is 0 Å². The molecule has 0 amide bonds. The van der Waals surface area contributed by atoms with Gasteiger partial charge in [-0.15, -0.1) is 11.3 Å². The zero-order valence-electron chi connectivity index (χ0n) is 10.3. The van der Waals surface area contributed by atoms with Crippen LogP contribution in [0.1, 0.15) is 40.3 Å². The lowest BCUT2D eigenvalue weighted by Crippen LogP contribution is -2.32. The molecular formula is C13H16N4S. The molecule has 5 heteroatoms. The van der Waals surface area contributed by atoms with Crippen LogP contribution in [0.4, 0.5) is 0 Å². The molecule has 3 N–H and O–H groups in total. The van der Waals surface area contributed by atoms with E-state index in [2.05, 4.69) is 26.8 Å². The van der Waals surface area contributed by atoms with Crippen molar-refractivity contribution in [1.82, 2.24) is 15.4 Å². The number of hydrazine groups is 1. The number of nitrogens with zero attached hydrogens (tertiary/aromatic N) is 2. The second kappa shape index (κ2) is 4.76. The summed E-state index contributed by atoms with van der Waals surface area (Å²) in [5.74, 6) is 6.06. The first-order valence-corrected chi connectivity index (χ1v) is 6.99. The predicted molar refractivity (Wildman–Crippen MR) is 72.2 cm³/mol. The van der Waals surface area contributed by atoms with Crippen LogP contribution in [0.5, 0.6) is 0 Å². The molecular weight excluding hydrogens is 244 g/mol. The van der Waals surface area contributed by atoms with Crippen LogP contribution >= 0.6 is 11.3 Å². The Morgan fingerprint density at radius 3 is 3.17 bits per heavy atom. The maximum atomic E-state index is 5.74. The van der Waals surface area contributed by atoms with Crippen molar-refractivity contribution in [3.63, 3.8) is 0 Å². The van der Waals surface area contributed by atoms with E-state index in [0.29, 0.717) is 5.92 Å². The minimum absolute atomic E-state index is 0.0612. The fourth-order valence-electron chi connectivity index (χ4n) is 2.70. The number of nitrogens with two attached hydrogens (primary N) is 1. The van der Waals surface area contributed by atoms with Gasteiger partial charge in [-0.3, -0.25) is 16.3 Å². The number of aryl methyl sites for hydroxylation is 2. The van der Waals surface area contributed by atoms with Crippen molar-refractivity contribution in [2.45, 2.75) is 31.7 Å². The van der Waals surface area contributed by atoms with E-state index in [9.17, 15) is 0 Å². The summed E-state index contributed by atoms with van der Waals surface area (Å²) in [6.07, 6.45) is 4.02. The maximum absolute atomic E-state index is 5.74. The Labute approximate surface area is 110 Å². The van der Waals surface area contributed by atoms with Crippen molar-refractivity contribution in [1.29, 1.82) is 0 Å². The quantitative estimate of drug-likeness (QED) is 0.655. The monoisotopic (exact) mass is 260 g/mol. The molecule has 3 rings (SSSR count). The third-order valence-corrected chi connectivity index (χ3v) is 4.33. The number of thiazole rings is 1. The molecule has 2 heterocycles. The van der Waals surface area contributed by atoms with Crippen LogP contribution < -0.4 is 11.3 Å². The first-order valence-electron chi connectivity index (χ1n) is 6.11. The summed E-state index contributed by atoms with van der Waals surface area (Å²) < 4.78 is 0. The lowest BCUT2D eigenvalue weighted by atomic mass is 9.95. The average Bonchev–Trinajstić information content (AvgIpc) is 2.98. The Morgan fingerprint density at radius 1 is 1.56 bits per heavy atom. The van der Waals surface area contributed by atoms with Crippen LogP contribution in [-0.4, -0.2) is 9.97 Å². The fraction of sp³-hybridized carbons (Fsp3) is 0.385. The molecule has 0 radical (unpaired) electrons. The van der Waals surface area contributed by atoms with E-state index in [1.165, 1.54) is 11.3 Å². The van der Waals surface area contributed by atoms with Crippen LogP contribution in [0, 0.1) is 6.92 Å². The lowest BCUT2D eigenvalue weighted by Gasteiger charge is -2.21. The summed E-state index contributed by atoms with van der Waals surface area (Å²) in [4.78, 5) is 9.07. The summed E-state index contributed by atoms with van der Waals surface area (Å²) in [7, 11) is 0. The minimum atomic E-state index is 0.0612. The number of hydrogen-bond donors (Lipinski definition) is 2. The van der Waals surface area contributed by atoms with Gasteiger partial charge in [0, 0.05) is 23.2 Å². The molecule has 1 aliphatic carbocycles. The van der Waals surface area contributed by atoms with Crippen LogP contribution in [0.25, 0.3) is 0 Å². The third-order valence-electron chi connectivity index (χ3n) is 3.54. The molecule has 18 heavy (non-hydrogen) atoms. The highest BCUT2D eigenvalue weighted by molar-refractivity contribution is 7.09. The number of nitrogens with one attached hydrogen (secondary N) is 1. The lowest BCUT2D eigenvalue weighted by molar-refractivity contribution is 0.439. The summed E-state index contributed by atoms with van der Waals surface area (Å²) in [5.41, 5.74) is 6.46. The van der Waals surface area contributed by atoms with Gasteiger partial charge in [0.25, 0.3) is 0 Å². The van der Waals surface area contributed by atoms with Gasteiger partial charge in [-0.05, 0) is 31.4 Å². The van der Waals surface area contributed by atoms with E-state index in [4.69, 9.17) is 5.84 Å². The number of aromatic nitrogens is 2. The average molecular weight is 260 g/mol. The van der Waals surface area contributed by atoms with E-state index >= 15 is 0 Å². The molecule has 1 aliphatic rings. The molecule has 94 valence electrons. The molecule has 0 aromatic carbocycles. The molecule has 0 bridgehead atoms. The van der Waals surface area contributed by atoms with Crippen molar-refractivity contribution < 1.29 is 0 Å². The van der Waals surface area contributed by atoms with Gasteiger partial charge in [-0.1, -0.05) is 6.07 Å². The topological polar surface area (TPSA) is 63.8 Å². The van der Waals surface area contributed by atoms with Gasteiger partial charge in [-0.25, -0.2) is 4.98 Å². The van der Waals surface area contributed by atoms with E-state index in [-0.39, 0.29) is 6.04 Å². The minimum Gasteiger partial charge on any atom is -0.271 e. The highest BCUT2D eigenvalue weighted by Gasteiger charge is 2.32. The molecule has 2 unspecified atom stereocenters. The Balaban J connectivity index is 1.95. The summed E-state index contributed by atoms with van der Waals surface area (Å²) in [6, 6.07) is 4.22. The van der Waals surface area contributed by atoms with Gasteiger partial charge >= 0.3 is 0 Å². The number of rotatable bonds is 3. The summed E-state index contributed by atoms with van der Waals surface area (Å²) in [6.45, 7) is 2.02. The zero-order valence-corrected chi connectivity index (χ0v) is 11.1. The van der Waals surface area contributed by atoms with Crippen LogP contribution in [-0.2, 0) is 6.42 Å². The number of hydrogen-bond acceptors (Lipinski definition) is 5. The van der Waals surface area contributed by atoms with E-state index < -0.39 is 0 Å². The largest absolute Gasteiger partial charge is 0.271 e. The van der Waals surface area contributed by atoms with Gasteiger partial charge in [-0.2, -0.15) is 0 Å². The van der Waals surface area contributed by atoms with Gasteiger partial charge in [0.1, 0.15) is 0 Å². The fourth-order valence-corrected chi connectivity index (χ4v) is 3.35. The molecule has 0 saturated heterocycles. The van der Waals surface area contributed by atoms with Crippen LogP contribution in [0.2, 0.25) is 0 Å². The summed E-state index contributed by atoms with van der Waals surface area (Å²) >= 11 is 1.66. The molecule has 2 aromatic heterocycles. The third kappa shape index (κ3) is 1.94.